The molecule has 0 amide bonds. The second-order valence-electron chi connectivity index (χ2n) is 4.51. The molecule has 2 unspecified atom stereocenters. The number of nitrogens with zero attached hydrogens (tertiary/aromatic N) is 1. The Morgan fingerprint density at radius 1 is 1.62 bits per heavy atom. The molecule has 2 N–H and O–H groups in total. The van der Waals surface area contributed by atoms with E-state index in [9.17, 15) is 0 Å². The fourth-order valence-electron chi connectivity index (χ4n) is 2.28. The zero-order valence-electron chi connectivity index (χ0n) is 8.37. The van der Waals surface area contributed by atoms with Crippen molar-refractivity contribution in [1.82, 2.24) is 4.37 Å². The first kappa shape index (κ1) is 9.16. The summed E-state index contributed by atoms with van der Waals surface area (Å²) >= 11 is 1.64. The van der Waals surface area contributed by atoms with Crippen LogP contribution in [-0.2, 0) is 0 Å². The van der Waals surface area contributed by atoms with Crippen LogP contribution in [0, 0.1) is 18.3 Å². The monoisotopic (exact) mass is 196 g/mol. The lowest BCUT2D eigenvalue weighted by molar-refractivity contribution is 0.559. The molecular formula is C10H16N2S. The summed E-state index contributed by atoms with van der Waals surface area (Å²) in [7, 11) is 0. The standard InChI is InChI=1S/C10H16N2S/c1-6-4-8(13-12-6)9-7(5-11)10(9,2)3/h4,7,9H,5,11H2,1-3H3. The van der Waals surface area contributed by atoms with Crippen LogP contribution in [-0.4, -0.2) is 10.9 Å². The van der Waals surface area contributed by atoms with E-state index in [1.807, 2.05) is 6.92 Å². The highest BCUT2D eigenvalue weighted by molar-refractivity contribution is 7.06. The van der Waals surface area contributed by atoms with E-state index in [2.05, 4.69) is 24.3 Å². The fourth-order valence-corrected chi connectivity index (χ4v) is 3.39. The number of aryl methyl sites for hydroxylation is 1. The number of hydrogen-bond acceptors (Lipinski definition) is 3. The number of aromatic nitrogens is 1. The van der Waals surface area contributed by atoms with Crippen LogP contribution in [0.4, 0.5) is 0 Å². The van der Waals surface area contributed by atoms with Gasteiger partial charge in [0.1, 0.15) is 0 Å². The molecule has 0 saturated heterocycles. The highest BCUT2D eigenvalue weighted by atomic mass is 32.1. The predicted octanol–water partition coefficient (Wildman–Crippen LogP) is 2.15. The predicted molar refractivity (Wildman–Crippen MR) is 55.9 cm³/mol. The smallest absolute Gasteiger partial charge is 0.0514 e. The van der Waals surface area contributed by atoms with Gasteiger partial charge >= 0.3 is 0 Å². The van der Waals surface area contributed by atoms with Gasteiger partial charge in [0.2, 0.25) is 0 Å². The molecule has 1 aromatic rings. The maximum absolute atomic E-state index is 5.73. The first-order chi connectivity index (χ1) is 6.07. The summed E-state index contributed by atoms with van der Waals surface area (Å²) in [5, 5.41) is 0. The normalized spacial score (nSPS) is 30.5. The molecule has 0 aliphatic heterocycles. The molecule has 1 aromatic heterocycles. The molecule has 0 aromatic carbocycles. The molecular weight excluding hydrogens is 180 g/mol. The summed E-state index contributed by atoms with van der Waals surface area (Å²) in [4.78, 5) is 1.41. The molecule has 1 saturated carbocycles. The number of rotatable bonds is 2. The minimum atomic E-state index is 0.397. The van der Waals surface area contributed by atoms with E-state index in [0.29, 0.717) is 17.3 Å². The fraction of sp³-hybridized carbons (Fsp3) is 0.700. The molecule has 1 aliphatic carbocycles. The lowest BCUT2D eigenvalue weighted by atomic mass is 10.1. The molecule has 3 heteroatoms. The van der Waals surface area contributed by atoms with Crippen LogP contribution < -0.4 is 5.73 Å². The molecule has 2 atom stereocenters. The van der Waals surface area contributed by atoms with Gasteiger partial charge in [-0.3, -0.25) is 0 Å². The maximum atomic E-state index is 5.73. The Kier molecular flexibility index (Phi) is 1.96. The zero-order chi connectivity index (χ0) is 9.64. The average Bonchev–Trinajstić information content (AvgIpc) is 2.41. The van der Waals surface area contributed by atoms with Crippen molar-refractivity contribution in [3.63, 3.8) is 0 Å². The number of nitrogens with two attached hydrogens (primary N) is 1. The Balaban J connectivity index is 2.21. The summed E-state index contributed by atoms with van der Waals surface area (Å²) in [6, 6.07) is 2.20. The third kappa shape index (κ3) is 1.30. The van der Waals surface area contributed by atoms with E-state index < -0.39 is 0 Å². The molecule has 0 spiro atoms. The quantitative estimate of drug-likeness (QED) is 0.787. The lowest BCUT2D eigenvalue weighted by Gasteiger charge is -1.98. The average molecular weight is 196 g/mol. The van der Waals surface area contributed by atoms with Gasteiger partial charge in [0.25, 0.3) is 0 Å². The molecule has 13 heavy (non-hydrogen) atoms. The Labute approximate surface area is 83.3 Å². The highest BCUT2D eigenvalue weighted by Gasteiger charge is 2.57. The van der Waals surface area contributed by atoms with Crippen molar-refractivity contribution in [3.05, 3.63) is 16.6 Å². The van der Waals surface area contributed by atoms with Crippen molar-refractivity contribution in [2.24, 2.45) is 17.1 Å². The van der Waals surface area contributed by atoms with E-state index in [1.165, 1.54) is 4.88 Å². The zero-order valence-corrected chi connectivity index (χ0v) is 9.19. The summed E-state index contributed by atoms with van der Waals surface area (Å²) in [5.41, 5.74) is 7.26. The van der Waals surface area contributed by atoms with Gasteiger partial charge in [-0.05, 0) is 42.4 Å². The van der Waals surface area contributed by atoms with Gasteiger partial charge in [-0.2, -0.15) is 4.37 Å². The summed E-state index contributed by atoms with van der Waals surface area (Å²) < 4.78 is 4.31. The second-order valence-corrected chi connectivity index (χ2v) is 5.35. The molecule has 0 radical (unpaired) electrons. The molecule has 1 aliphatic rings. The molecule has 72 valence electrons. The first-order valence-corrected chi connectivity index (χ1v) is 5.48. The van der Waals surface area contributed by atoms with Crippen molar-refractivity contribution in [1.29, 1.82) is 0 Å². The van der Waals surface area contributed by atoms with Crippen LogP contribution in [0.25, 0.3) is 0 Å². The van der Waals surface area contributed by atoms with E-state index in [0.717, 1.165) is 12.2 Å². The van der Waals surface area contributed by atoms with Crippen LogP contribution in [0.2, 0.25) is 0 Å². The lowest BCUT2D eigenvalue weighted by Crippen LogP contribution is -2.05. The van der Waals surface area contributed by atoms with Crippen molar-refractivity contribution < 1.29 is 0 Å². The molecule has 1 heterocycles. The molecule has 0 bridgehead atoms. The topological polar surface area (TPSA) is 38.9 Å². The van der Waals surface area contributed by atoms with Crippen LogP contribution in [0.5, 0.6) is 0 Å². The van der Waals surface area contributed by atoms with Crippen LogP contribution in [0.1, 0.15) is 30.3 Å². The molecule has 2 nitrogen and oxygen atoms in total. The SMILES string of the molecule is Cc1cc(C2C(CN)C2(C)C)sn1. The van der Waals surface area contributed by atoms with E-state index in [-0.39, 0.29) is 0 Å². The van der Waals surface area contributed by atoms with Crippen LogP contribution in [0.15, 0.2) is 6.07 Å². The summed E-state index contributed by atoms with van der Waals surface area (Å²) in [5.74, 6) is 1.32. The maximum Gasteiger partial charge on any atom is 0.0514 e. The van der Waals surface area contributed by atoms with Gasteiger partial charge in [0.05, 0.1) is 5.69 Å². The van der Waals surface area contributed by atoms with Gasteiger partial charge in [0.15, 0.2) is 0 Å². The van der Waals surface area contributed by atoms with Gasteiger partial charge in [-0.25, -0.2) is 0 Å². The van der Waals surface area contributed by atoms with Gasteiger partial charge < -0.3 is 5.73 Å². The minimum absolute atomic E-state index is 0.397. The Morgan fingerprint density at radius 3 is 2.69 bits per heavy atom. The largest absolute Gasteiger partial charge is 0.330 e. The Bertz CT molecular complexity index is 316. The van der Waals surface area contributed by atoms with Crippen molar-refractivity contribution in [3.8, 4) is 0 Å². The number of hydrogen-bond donors (Lipinski definition) is 1. The van der Waals surface area contributed by atoms with Crippen LogP contribution >= 0.6 is 11.5 Å². The van der Waals surface area contributed by atoms with Gasteiger partial charge in [-0.1, -0.05) is 13.8 Å². The Hall–Kier alpha value is -0.410. The second kappa shape index (κ2) is 2.79. The van der Waals surface area contributed by atoms with Gasteiger partial charge in [0, 0.05) is 10.8 Å². The van der Waals surface area contributed by atoms with E-state index >= 15 is 0 Å². The van der Waals surface area contributed by atoms with Crippen molar-refractivity contribution in [2.45, 2.75) is 26.7 Å². The Morgan fingerprint density at radius 2 is 2.31 bits per heavy atom. The van der Waals surface area contributed by atoms with Crippen LogP contribution in [0.3, 0.4) is 0 Å². The van der Waals surface area contributed by atoms with Crippen molar-refractivity contribution in [2.75, 3.05) is 6.54 Å². The third-order valence-electron chi connectivity index (χ3n) is 3.26. The summed E-state index contributed by atoms with van der Waals surface area (Å²) in [6.07, 6.45) is 0. The minimum Gasteiger partial charge on any atom is -0.330 e. The van der Waals surface area contributed by atoms with Crippen molar-refractivity contribution >= 4 is 11.5 Å². The first-order valence-electron chi connectivity index (χ1n) is 4.70. The molecule has 1 fully saturated rings. The van der Waals surface area contributed by atoms with E-state index in [4.69, 9.17) is 5.73 Å². The van der Waals surface area contributed by atoms with E-state index in [1.54, 1.807) is 11.5 Å². The highest BCUT2D eigenvalue weighted by Crippen LogP contribution is 2.64. The van der Waals surface area contributed by atoms with Gasteiger partial charge in [-0.15, -0.1) is 0 Å². The molecule has 2 rings (SSSR count). The summed E-state index contributed by atoms with van der Waals surface area (Å²) in [6.45, 7) is 7.44. The third-order valence-corrected chi connectivity index (χ3v) is 4.22.